The van der Waals surface area contributed by atoms with Crippen molar-refractivity contribution in [1.82, 2.24) is 24.5 Å². The van der Waals surface area contributed by atoms with E-state index in [4.69, 9.17) is 0 Å². The molecule has 406 valence electrons. The molecule has 68 heavy (non-hydrogen) atoms. The summed E-state index contributed by atoms with van der Waals surface area (Å²) in [5, 5.41) is 11.8. The van der Waals surface area contributed by atoms with Gasteiger partial charge in [0.25, 0.3) is 0 Å². The van der Waals surface area contributed by atoms with E-state index in [0.717, 1.165) is 65.4 Å². The summed E-state index contributed by atoms with van der Waals surface area (Å²) in [6, 6.07) is 0. The lowest BCUT2D eigenvalue weighted by atomic mass is 10.1. The van der Waals surface area contributed by atoms with Gasteiger partial charge in [-0.3, -0.25) is 19.5 Å². The molecule has 7 heteroatoms. The molecular formula is C61H125N5O2. The van der Waals surface area contributed by atoms with Gasteiger partial charge in [-0.05, 0) is 64.8 Å². The van der Waals surface area contributed by atoms with E-state index in [1.807, 2.05) is 0 Å². The van der Waals surface area contributed by atoms with Gasteiger partial charge in [0, 0.05) is 45.8 Å². The van der Waals surface area contributed by atoms with E-state index in [9.17, 15) is 9.90 Å². The maximum atomic E-state index is 13.8. The summed E-state index contributed by atoms with van der Waals surface area (Å²) in [7, 11) is 0. The molecule has 1 saturated heterocycles. The Labute approximate surface area is 427 Å². The van der Waals surface area contributed by atoms with E-state index in [-0.39, 0.29) is 0 Å². The number of carbonyl (C=O) groups is 1. The van der Waals surface area contributed by atoms with Crippen LogP contribution in [0.5, 0.6) is 0 Å². The first-order valence-electron chi connectivity index (χ1n) is 31.4. The fourth-order valence-electron chi connectivity index (χ4n) is 10.6. The number of amides is 1. The van der Waals surface area contributed by atoms with Gasteiger partial charge in [0.05, 0.1) is 6.54 Å². The van der Waals surface area contributed by atoms with Crippen molar-refractivity contribution in [2.24, 2.45) is 0 Å². The summed E-state index contributed by atoms with van der Waals surface area (Å²) >= 11 is 0. The molecule has 1 aliphatic rings. The number of aliphatic hydroxyl groups excluding tert-OH is 1. The zero-order valence-electron chi connectivity index (χ0n) is 47.4. The average molecular weight is 961 g/mol. The summed E-state index contributed by atoms with van der Waals surface area (Å²) in [6.45, 7) is 23.7. The largest absolute Gasteiger partial charge is 0.377 e. The first kappa shape index (κ1) is 65.3. The van der Waals surface area contributed by atoms with E-state index < -0.39 is 6.23 Å². The van der Waals surface area contributed by atoms with Crippen molar-refractivity contribution in [2.75, 3.05) is 85.1 Å². The minimum absolute atomic E-state index is 0.301. The molecule has 1 atom stereocenters. The van der Waals surface area contributed by atoms with E-state index in [2.05, 4.69) is 59.1 Å². The smallest absolute Gasteiger partial charge is 0.236 e. The quantitative estimate of drug-likeness (QED) is 0.0613. The molecule has 0 aromatic rings. The van der Waals surface area contributed by atoms with Crippen LogP contribution in [0.1, 0.15) is 298 Å². The number of hydrogen-bond acceptors (Lipinski definition) is 6. The summed E-state index contributed by atoms with van der Waals surface area (Å²) in [6.07, 6.45) is 55.1. The Bertz CT molecular complexity index is 965. The van der Waals surface area contributed by atoms with Gasteiger partial charge in [-0.25, -0.2) is 0 Å². The number of piperazine rings is 1. The molecular weight excluding hydrogens is 835 g/mol. The first-order valence-corrected chi connectivity index (χ1v) is 31.4. The summed E-state index contributed by atoms with van der Waals surface area (Å²) in [5.41, 5.74) is 0. The van der Waals surface area contributed by atoms with Gasteiger partial charge in [0.1, 0.15) is 6.23 Å². The highest BCUT2D eigenvalue weighted by Gasteiger charge is 2.27. The zero-order valence-corrected chi connectivity index (χ0v) is 47.4. The molecule has 1 aliphatic heterocycles. The van der Waals surface area contributed by atoms with Crippen molar-refractivity contribution in [3.63, 3.8) is 0 Å². The molecule has 0 radical (unpaired) electrons. The van der Waals surface area contributed by atoms with E-state index in [1.165, 1.54) is 276 Å². The van der Waals surface area contributed by atoms with Gasteiger partial charge in [-0.1, -0.05) is 266 Å². The van der Waals surface area contributed by atoms with E-state index in [0.29, 0.717) is 12.5 Å². The number of hydrogen-bond donors (Lipinski definition) is 1. The van der Waals surface area contributed by atoms with E-state index >= 15 is 0 Å². The highest BCUT2D eigenvalue weighted by Crippen LogP contribution is 2.16. The highest BCUT2D eigenvalue weighted by molar-refractivity contribution is 5.78. The van der Waals surface area contributed by atoms with Gasteiger partial charge in [-0.15, -0.1) is 0 Å². The Morgan fingerprint density at radius 1 is 0.338 bits per heavy atom. The molecule has 0 spiro atoms. The Kier molecular flexibility index (Phi) is 49.1. The monoisotopic (exact) mass is 960 g/mol. The number of carbonyl (C=O) groups excluding carboxylic acids is 1. The van der Waals surface area contributed by atoms with Crippen LogP contribution in [0.15, 0.2) is 0 Å². The van der Waals surface area contributed by atoms with Crippen molar-refractivity contribution < 1.29 is 9.90 Å². The maximum absolute atomic E-state index is 13.8. The van der Waals surface area contributed by atoms with Crippen molar-refractivity contribution >= 4 is 5.91 Å². The van der Waals surface area contributed by atoms with E-state index in [1.54, 1.807) is 0 Å². The second kappa shape index (κ2) is 51.2. The second-order valence-electron chi connectivity index (χ2n) is 22.0. The van der Waals surface area contributed by atoms with Gasteiger partial charge in [-0.2, -0.15) is 0 Å². The lowest BCUT2D eigenvalue weighted by molar-refractivity contribution is -0.136. The van der Waals surface area contributed by atoms with Crippen molar-refractivity contribution in [2.45, 2.75) is 304 Å². The zero-order chi connectivity index (χ0) is 49.2. The van der Waals surface area contributed by atoms with Gasteiger partial charge in [0.15, 0.2) is 0 Å². The van der Waals surface area contributed by atoms with Crippen LogP contribution >= 0.6 is 0 Å². The Hall–Kier alpha value is -0.730. The molecule has 0 aliphatic carbocycles. The summed E-state index contributed by atoms with van der Waals surface area (Å²) in [4.78, 5) is 26.1. The molecule has 1 rings (SSSR count). The van der Waals surface area contributed by atoms with Crippen LogP contribution in [-0.2, 0) is 4.79 Å². The third kappa shape index (κ3) is 40.8. The average Bonchev–Trinajstić information content (AvgIpc) is 3.35. The highest BCUT2D eigenvalue weighted by atomic mass is 16.3. The topological polar surface area (TPSA) is 53.5 Å². The third-order valence-electron chi connectivity index (χ3n) is 15.5. The number of rotatable bonds is 54. The van der Waals surface area contributed by atoms with Crippen LogP contribution in [0.25, 0.3) is 0 Å². The molecule has 0 saturated carbocycles. The minimum Gasteiger partial charge on any atom is -0.377 e. The Morgan fingerprint density at radius 3 is 0.897 bits per heavy atom. The molecule has 1 unspecified atom stereocenters. The molecule has 1 amide bonds. The summed E-state index contributed by atoms with van der Waals surface area (Å²) in [5.74, 6) is 0.301. The maximum Gasteiger partial charge on any atom is 0.236 e. The molecule has 1 N–H and O–H groups in total. The van der Waals surface area contributed by atoms with Crippen molar-refractivity contribution in [3.8, 4) is 0 Å². The second-order valence-corrected chi connectivity index (χ2v) is 22.0. The van der Waals surface area contributed by atoms with Crippen molar-refractivity contribution in [3.05, 3.63) is 0 Å². The van der Waals surface area contributed by atoms with Gasteiger partial charge < -0.3 is 14.9 Å². The van der Waals surface area contributed by atoms with Crippen molar-refractivity contribution in [1.29, 1.82) is 0 Å². The van der Waals surface area contributed by atoms with Crippen LogP contribution in [0, 0.1) is 0 Å². The molecule has 0 aromatic heterocycles. The molecule has 0 aromatic carbocycles. The van der Waals surface area contributed by atoms with Crippen LogP contribution in [0.4, 0.5) is 0 Å². The Morgan fingerprint density at radius 2 is 0.588 bits per heavy atom. The predicted octanol–water partition coefficient (Wildman–Crippen LogP) is 16.4. The minimum atomic E-state index is -0.472. The first-order chi connectivity index (χ1) is 33.5. The predicted molar refractivity (Wildman–Crippen MR) is 301 cm³/mol. The standard InChI is InChI=1S/C61H125N5O2/c1-6-11-16-21-26-28-30-35-37-42-47-62(48-43-38-36-31-29-27-22-17-12-7-2)52-53-64(51-46-41-34-25-20-15-10-5)59-61(68)66-56-54-65(55-57-66)60(67)58-63(49-44-39-32-23-18-13-8-3)50-45-40-33-24-19-14-9-4/h61,68H,6-59H2,1-5H3. The number of aliphatic hydroxyl groups is 1. The van der Waals surface area contributed by atoms with Crippen LogP contribution < -0.4 is 0 Å². The van der Waals surface area contributed by atoms with Gasteiger partial charge >= 0.3 is 0 Å². The van der Waals surface area contributed by atoms with Gasteiger partial charge in [0.2, 0.25) is 5.91 Å². The molecule has 1 fully saturated rings. The fraction of sp³-hybridized carbons (Fsp3) is 0.984. The summed E-state index contributed by atoms with van der Waals surface area (Å²) < 4.78 is 0. The third-order valence-corrected chi connectivity index (χ3v) is 15.5. The molecule has 7 nitrogen and oxygen atoms in total. The number of unbranched alkanes of at least 4 members (excludes halogenated alkanes) is 36. The van der Waals surface area contributed by atoms with Crippen LogP contribution in [0.3, 0.4) is 0 Å². The molecule has 1 heterocycles. The van der Waals surface area contributed by atoms with Crippen LogP contribution in [-0.4, -0.2) is 127 Å². The lowest BCUT2D eigenvalue weighted by Crippen LogP contribution is -2.56. The number of nitrogens with zero attached hydrogens (tertiary/aromatic N) is 5. The fourth-order valence-corrected chi connectivity index (χ4v) is 10.6. The molecule has 0 bridgehead atoms. The van der Waals surface area contributed by atoms with Crippen LogP contribution in [0.2, 0.25) is 0 Å². The SMILES string of the molecule is CCCCCCCCCCCCN(CCCCCCCCCCCC)CCN(CCCCCCCCC)CC(O)N1CCN(C(=O)CN(CCCCCCCCC)CCCCCCCCC)CC1. The Balaban J connectivity index is 2.79. The normalized spacial score (nSPS) is 14.1. The lowest BCUT2D eigenvalue weighted by Gasteiger charge is -2.39.